The van der Waals surface area contributed by atoms with Crippen molar-refractivity contribution in [2.24, 2.45) is 0 Å². The summed E-state index contributed by atoms with van der Waals surface area (Å²) in [6.07, 6.45) is 0. The molecule has 1 aromatic carbocycles. The maximum Gasteiger partial charge on any atom is 0.360 e. The van der Waals surface area contributed by atoms with Crippen molar-refractivity contribution >= 4 is 5.97 Å². The van der Waals surface area contributed by atoms with Crippen LogP contribution in [0.1, 0.15) is 27.3 Å². The summed E-state index contributed by atoms with van der Waals surface area (Å²) in [4.78, 5) is 12.9. The molecule has 18 heavy (non-hydrogen) atoms. The van der Waals surface area contributed by atoms with Gasteiger partial charge in [-0.1, -0.05) is 6.07 Å². The Morgan fingerprint density at radius 3 is 2.50 bits per heavy atom. The fourth-order valence-corrected chi connectivity index (χ4v) is 1.63. The number of nitrogens with zero attached hydrogens (tertiary/aromatic N) is 3. The van der Waals surface area contributed by atoms with Gasteiger partial charge in [0.25, 0.3) is 0 Å². The van der Waals surface area contributed by atoms with Gasteiger partial charge in [-0.3, -0.25) is 0 Å². The lowest BCUT2D eigenvalue weighted by molar-refractivity contribution is 0.0592. The number of rotatable bonds is 2. The molecule has 0 aliphatic rings. The lowest BCUT2D eigenvalue weighted by atomic mass is 10.1. The van der Waals surface area contributed by atoms with Crippen molar-refractivity contribution in [1.82, 2.24) is 15.0 Å². The van der Waals surface area contributed by atoms with Gasteiger partial charge in [-0.25, -0.2) is 4.79 Å². The summed E-state index contributed by atoms with van der Waals surface area (Å²) < 4.78 is 4.65. The molecule has 2 aromatic rings. The number of esters is 1. The van der Waals surface area contributed by atoms with E-state index < -0.39 is 5.97 Å². The molecule has 0 atom stereocenters. The first-order chi connectivity index (χ1) is 8.52. The van der Waals surface area contributed by atoms with E-state index in [2.05, 4.69) is 14.9 Å². The van der Waals surface area contributed by atoms with E-state index in [0.29, 0.717) is 5.69 Å². The third-order valence-corrected chi connectivity index (χ3v) is 2.88. The van der Waals surface area contributed by atoms with Crippen LogP contribution < -0.4 is 0 Å². The Labute approximate surface area is 105 Å². The van der Waals surface area contributed by atoms with Gasteiger partial charge >= 0.3 is 5.97 Å². The zero-order valence-electron chi connectivity index (χ0n) is 10.9. The van der Waals surface area contributed by atoms with Crippen LogP contribution in [0, 0.1) is 20.8 Å². The molecule has 0 unspecified atom stereocenters. The third-order valence-electron chi connectivity index (χ3n) is 2.88. The van der Waals surface area contributed by atoms with E-state index in [1.807, 2.05) is 32.0 Å². The van der Waals surface area contributed by atoms with Gasteiger partial charge in [-0.2, -0.15) is 9.90 Å². The van der Waals surface area contributed by atoms with Gasteiger partial charge in [-0.05, 0) is 44.0 Å². The number of methoxy groups -OCH3 is 1. The van der Waals surface area contributed by atoms with E-state index in [-0.39, 0.29) is 5.69 Å². The van der Waals surface area contributed by atoms with Gasteiger partial charge in [0, 0.05) is 0 Å². The molecule has 0 bridgehead atoms. The summed E-state index contributed by atoms with van der Waals surface area (Å²) in [6.45, 7) is 5.80. The van der Waals surface area contributed by atoms with Gasteiger partial charge in [0.05, 0.1) is 18.5 Å². The summed E-state index contributed by atoms with van der Waals surface area (Å²) in [7, 11) is 1.33. The van der Waals surface area contributed by atoms with E-state index in [9.17, 15) is 4.79 Å². The Balaban J connectivity index is 2.45. The van der Waals surface area contributed by atoms with Crippen molar-refractivity contribution < 1.29 is 9.53 Å². The number of hydrogen-bond donors (Lipinski definition) is 0. The van der Waals surface area contributed by atoms with E-state index in [0.717, 1.165) is 11.3 Å². The van der Waals surface area contributed by atoms with Crippen LogP contribution in [0.4, 0.5) is 0 Å². The predicted octanol–water partition coefficient (Wildman–Crippen LogP) is 1.98. The van der Waals surface area contributed by atoms with Crippen LogP contribution in [-0.4, -0.2) is 28.1 Å². The number of aryl methyl sites for hydroxylation is 3. The minimum absolute atomic E-state index is 0.246. The molecular weight excluding hydrogens is 230 g/mol. The first kappa shape index (κ1) is 12.3. The standard InChI is InChI=1S/C13H15N3O2/c1-8-5-6-11(7-9(8)2)16-14-10(3)12(15-16)13(17)18-4/h5-7H,1-4H3. The van der Waals surface area contributed by atoms with E-state index in [4.69, 9.17) is 0 Å². The van der Waals surface area contributed by atoms with Gasteiger partial charge in [-0.15, -0.1) is 5.10 Å². The average molecular weight is 245 g/mol. The minimum Gasteiger partial charge on any atom is -0.464 e. The predicted molar refractivity (Wildman–Crippen MR) is 66.9 cm³/mol. The molecule has 0 aliphatic heterocycles. The zero-order chi connectivity index (χ0) is 13.3. The topological polar surface area (TPSA) is 57.0 Å². The lowest BCUT2D eigenvalue weighted by Gasteiger charge is -2.03. The Kier molecular flexibility index (Phi) is 3.14. The van der Waals surface area contributed by atoms with Crippen LogP contribution >= 0.6 is 0 Å². The quantitative estimate of drug-likeness (QED) is 0.759. The van der Waals surface area contributed by atoms with Crippen LogP contribution in [0.15, 0.2) is 18.2 Å². The molecular formula is C13H15N3O2. The molecule has 0 amide bonds. The molecule has 0 fully saturated rings. The lowest BCUT2D eigenvalue weighted by Crippen LogP contribution is -2.05. The van der Waals surface area contributed by atoms with Crippen molar-refractivity contribution in [1.29, 1.82) is 0 Å². The SMILES string of the molecule is COC(=O)c1nn(-c2ccc(C)c(C)c2)nc1C. The number of ether oxygens (including phenoxy) is 1. The van der Waals surface area contributed by atoms with Gasteiger partial charge in [0.15, 0.2) is 5.69 Å². The first-order valence-corrected chi connectivity index (χ1v) is 5.63. The number of benzene rings is 1. The highest BCUT2D eigenvalue weighted by molar-refractivity contribution is 5.88. The fraction of sp³-hybridized carbons (Fsp3) is 0.308. The van der Waals surface area contributed by atoms with Crippen LogP contribution in [-0.2, 0) is 4.74 Å². The molecule has 5 heteroatoms. The van der Waals surface area contributed by atoms with E-state index in [1.54, 1.807) is 6.92 Å². The van der Waals surface area contributed by atoms with Gasteiger partial charge in [0.2, 0.25) is 0 Å². The maximum absolute atomic E-state index is 11.5. The molecule has 0 spiro atoms. The summed E-state index contributed by atoms with van der Waals surface area (Å²) in [5, 5.41) is 8.38. The summed E-state index contributed by atoms with van der Waals surface area (Å²) in [5.74, 6) is -0.470. The van der Waals surface area contributed by atoms with Crippen LogP contribution in [0.2, 0.25) is 0 Å². The van der Waals surface area contributed by atoms with Crippen molar-refractivity contribution in [3.05, 3.63) is 40.7 Å². The number of hydrogen-bond acceptors (Lipinski definition) is 4. The molecule has 1 heterocycles. The minimum atomic E-state index is -0.470. The molecule has 2 rings (SSSR count). The second-order valence-corrected chi connectivity index (χ2v) is 4.18. The van der Waals surface area contributed by atoms with E-state index in [1.165, 1.54) is 17.5 Å². The molecule has 0 radical (unpaired) electrons. The Morgan fingerprint density at radius 2 is 1.89 bits per heavy atom. The van der Waals surface area contributed by atoms with Crippen LogP contribution in [0.3, 0.4) is 0 Å². The molecule has 0 saturated heterocycles. The highest BCUT2D eigenvalue weighted by atomic mass is 16.5. The normalized spacial score (nSPS) is 10.4. The largest absolute Gasteiger partial charge is 0.464 e. The van der Waals surface area contributed by atoms with Crippen LogP contribution in [0.5, 0.6) is 0 Å². The Hall–Kier alpha value is -2.17. The zero-order valence-corrected chi connectivity index (χ0v) is 10.9. The molecule has 1 aromatic heterocycles. The molecule has 0 N–H and O–H groups in total. The highest BCUT2D eigenvalue weighted by Gasteiger charge is 2.16. The summed E-state index contributed by atoms with van der Waals surface area (Å²) in [6, 6.07) is 5.90. The third kappa shape index (κ3) is 2.11. The molecule has 0 aliphatic carbocycles. The summed E-state index contributed by atoms with van der Waals surface area (Å²) in [5.41, 5.74) is 3.99. The molecule has 5 nitrogen and oxygen atoms in total. The molecule has 94 valence electrons. The Bertz CT molecular complexity index is 602. The van der Waals surface area contributed by atoms with Gasteiger partial charge < -0.3 is 4.74 Å². The van der Waals surface area contributed by atoms with Crippen molar-refractivity contribution in [2.75, 3.05) is 7.11 Å². The number of carbonyl (C=O) groups excluding carboxylic acids is 1. The van der Waals surface area contributed by atoms with Crippen molar-refractivity contribution in [3.8, 4) is 5.69 Å². The van der Waals surface area contributed by atoms with Crippen molar-refractivity contribution in [3.63, 3.8) is 0 Å². The average Bonchev–Trinajstić information content (AvgIpc) is 2.74. The van der Waals surface area contributed by atoms with Crippen LogP contribution in [0.25, 0.3) is 5.69 Å². The van der Waals surface area contributed by atoms with E-state index >= 15 is 0 Å². The number of aromatic nitrogens is 3. The first-order valence-electron chi connectivity index (χ1n) is 5.63. The number of carbonyl (C=O) groups is 1. The second kappa shape index (κ2) is 4.60. The molecule has 0 saturated carbocycles. The Morgan fingerprint density at radius 1 is 1.17 bits per heavy atom. The maximum atomic E-state index is 11.5. The fourth-order valence-electron chi connectivity index (χ4n) is 1.63. The van der Waals surface area contributed by atoms with Crippen molar-refractivity contribution in [2.45, 2.75) is 20.8 Å². The summed E-state index contributed by atoms with van der Waals surface area (Å²) >= 11 is 0. The second-order valence-electron chi connectivity index (χ2n) is 4.18. The smallest absolute Gasteiger partial charge is 0.360 e. The van der Waals surface area contributed by atoms with Gasteiger partial charge in [0.1, 0.15) is 0 Å². The highest BCUT2D eigenvalue weighted by Crippen LogP contribution is 2.14. The monoisotopic (exact) mass is 245 g/mol.